The average molecular weight is 390 g/mol. The summed E-state index contributed by atoms with van der Waals surface area (Å²) in [5.41, 5.74) is 8.45. The molecule has 0 aromatic carbocycles. The molecule has 1 aliphatic carbocycles. The molecule has 0 spiro atoms. The van der Waals surface area contributed by atoms with Crippen molar-refractivity contribution in [3.05, 3.63) is 42.4 Å². The highest BCUT2D eigenvalue weighted by atomic mass is 16.3. The molecule has 0 radical (unpaired) electrons. The molecule has 1 fully saturated rings. The van der Waals surface area contributed by atoms with Gasteiger partial charge in [-0.2, -0.15) is 5.26 Å². The Morgan fingerprint density at radius 2 is 2.17 bits per heavy atom. The molecule has 1 aliphatic rings. The van der Waals surface area contributed by atoms with E-state index in [1.807, 2.05) is 12.1 Å². The monoisotopic (exact) mass is 390 g/mol. The van der Waals surface area contributed by atoms with Gasteiger partial charge in [0.25, 0.3) is 0 Å². The minimum absolute atomic E-state index is 0.0391. The summed E-state index contributed by atoms with van der Waals surface area (Å²) in [4.78, 5) is 23.2. The number of amides is 1. The first-order chi connectivity index (χ1) is 14.2. The zero-order chi connectivity index (χ0) is 20.6. The summed E-state index contributed by atoms with van der Waals surface area (Å²) in [6, 6.07) is 7.57. The van der Waals surface area contributed by atoms with E-state index in [1.54, 1.807) is 24.7 Å². The lowest BCUT2D eigenvalue weighted by Crippen LogP contribution is -2.01. The molecule has 1 amide bonds. The number of nitrogens with zero attached hydrogens (tertiary/aromatic N) is 4. The van der Waals surface area contributed by atoms with Gasteiger partial charge >= 0.3 is 0 Å². The van der Waals surface area contributed by atoms with Crippen LogP contribution in [0, 0.1) is 17.2 Å². The minimum Gasteiger partial charge on any atom is -0.396 e. The molecular weight excluding hydrogens is 368 g/mol. The number of aliphatic hydroxyl groups is 1. The number of carbonyl (C=O) groups is 1. The normalized spacial score (nSPS) is 12.6. The molecule has 8 nitrogen and oxygen atoms in total. The van der Waals surface area contributed by atoms with Crippen molar-refractivity contribution >= 4 is 28.8 Å². The van der Waals surface area contributed by atoms with Crippen LogP contribution in [0.15, 0.2) is 36.8 Å². The minimum atomic E-state index is 0.0391. The van der Waals surface area contributed by atoms with Gasteiger partial charge in [0, 0.05) is 42.6 Å². The standard InChI is InChI=1S/C16H15N5O2.C5H7N/c17-16-13-8-19-15(20-9-23)6-11(13)5-14(21-16)12-7-18-3-1-10(12)2-4-22;6-4-3-5-1-2-5/h1,3,5-9,22H,2,4H2,(H2,17,21)(H,19,20,23);5H,1-3H2. The smallest absolute Gasteiger partial charge is 0.212 e. The fraction of sp³-hybridized carbons (Fsp3) is 0.286. The number of pyridine rings is 3. The number of carbonyl (C=O) groups excluding carboxylic acids is 1. The van der Waals surface area contributed by atoms with E-state index in [9.17, 15) is 9.90 Å². The number of hydrogen-bond acceptors (Lipinski definition) is 7. The van der Waals surface area contributed by atoms with Crippen molar-refractivity contribution < 1.29 is 9.90 Å². The molecule has 3 heterocycles. The van der Waals surface area contributed by atoms with Crippen LogP contribution in [0.25, 0.3) is 22.0 Å². The van der Waals surface area contributed by atoms with Gasteiger partial charge in [0.1, 0.15) is 11.6 Å². The van der Waals surface area contributed by atoms with E-state index in [-0.39, 0.29) is 6.61 Å². The van der Waals surface area contributed by atoms with Crippen molar-refractivity contribution in [3.63, 3.8) is 0 Å². The van der Waals surface area contributed by atoms with Crippen LogP contribution in [0.1, 0.15) is 24.8 Å². The molecule has 3 aromatic rings. The summed E-state index contributed by atoms with van der Waals surface area (Å²) in [6.45, 7) is 0.0391. The zero-order valence-corrected chi connectivity index (χ0v) is 15.9. The van der Waals surface area contributed by atoms with E-state index >= 15 is 0 Å². The number of nitrogens with two attached hydrogens (primary N) is 1. The molecule has 148 valence electrons. The van der Waals surface area contributed by atoms with Crippen molar-refractivity contribution in [1.29, 1.82) is 5.26 Å². The molecule has 29 heavy (non-hydrogen) atoms. The summed E-state index contributed by atoms with van der Waals surface area (Å²) >= 11 is 0. The molecule has 1 saturated carbocycles. The highest BCUT2D eigenvalue weighted by Gasteiger charge is 2.19. The van der Waals surface area contributed by atoms with E-state index in [4.69, 9.17) is 11.0 Å². The van der Waals surface area contributed by atoms with E-state index in [0.29, 0.717) is 35.5 Å². The van der Waals surface area contributed by atoms with Gasteiger partial charge in [0.05, 0.1) is 11.8 Å². The Bertz CT molecular complexity index is 1040. The number of anilines is 2. The van der Waals surface area contributed by atoms with Crippen molar-refractivity contribution in [2.75, 3.05) is 17.7 Å². The molecular formula is C21H22N6O2. The van der Waals surface area contributed by atoms with Crippen LogP contribution in [-0.4, -0.2) is 33.1 Å². The summed E-state index contributed by atoms with van der Waals surface area (Å²) < 4.78 is 0. The van der Waals surface area contributed by atoms with Crippen molar-refractivity contribution in [3.8, 4) is 17.3 Å². The van der Waals surface area contributed by atoms with Crippen molar-refractivity contribution in [2.24, 2.45) is 5.92 Å². The van der Waals surface area contributed by atoms with Crippen molar-refractivity contribution in [2.45, 2.75) is 25.7 Å². The van der Waals surface area contributed by atoms with Gasteiger partial charge in [-0.15, -0.1) is 0 Å². The number of fused-ring (bicyclic) bond motifs is 1. The number of hydrogen-bond donors (Lipinski definition) is 3. The van der Waals surface area contributed by atoms with Gasteiger partial charge in [0.2, 0.25) is 6.41 Å². The van der Waals surface area contributed by atoms with E-state index < -0.39 is 0 Å². The Labute approximate surface area is 168 Å². The fourth-order valence-corrected chi connectivity index (χ4v) is 2.89. The van der Waals surface area contributed by atoms with Crippen molar-refractivity contribution in [1.82, 2.24) is 15.0 Å². The Balaban J connectivity index is 0.000000343. The van der Waals surface area contributed by atoms with Gasteiger partial charge in [-0.3, -0.25) is 9.78 Å². The Morgan fingerprint density at radius 3 is 2.83 bits per heavy atom. The highest BCUT2D eigenvalue weighted by Crippen LogP contribution is 2.31. The van der Waals surface area contributed by atoms with Crippen LogP contribution in [0.3, 0.4) is 0 Å². The van der Waals surface area contributed by atoms with Crippen LogP contribution in [0.4, 0.5) is 11.6 Å². The lowest BCUT2D eigenvalue weighted by molar-refractivity contribution is -0.105. The summed E-state index contributed by atoms with van der Waals surface area (Å²) in [7, 11) is 0. The molecule has 4 rings (SSSR count). The molecule has 4 N–H and O–H groups in total. The van der Waals surface area contributed by atoms with Crippen LogP contribution >= 0.6 is 0 Å². The number of nitrogens with one attached hydrogen (secondary N) is 1. The topological polar surface area (TPSA) is 138 Å². The fourth-order valence-electron chi connectivity index (χ4n) is 2.89. The second-order valence-corrected chi connectivity index (χ2v) is 6.76. The quantitative estimate of drug-likeness (QED) is 0.550. The highest BCUT2D eigenvalue weighted by molar-refractivity contribution is 5.95. The molecule has 0 aliphatic heterocycles. The maximum Gasteiger partial charge on any atom is 0.212 e. The lowest BCUT2D eigenvalue weighted by atomic mass is 10.0. The van der Waals surface area contributed by atoms with Crippen LogP contribution in [-0.2, 0) is 11.2 Å². The molecule has 0 unspecified atom stereocenters. The Hall–Kier alpha value is -3.57. The number of nitrogen functional groups attached to an aromatic ring is 1. The number of aromatic nitrogens is 3. The predicted octanol–water partition coefficient (Wildman–Crippen LogP) is 2.69. The third-order valence-corrected chi connectivity index (χ3v) is 4.60. The zero-order valence-electron chi connectivity index (χ0n) is 15.9. The van der Waals surface area contributed by atoms with Gasteiger partial charge in [-0.25, -0.2) is 9.97 Å². The molecule has 3 aromatic heterocycles. The van der Waals surface area contributed by atoms with Crippen LogP contribution in [0.5, 0.6) is 0 Å². The summed E-state index contributed by atoms with van der Waals surface area (Å²) in [5, 5.41) is 21.3. The average Bonchev–Trinajstić information content (AvgIpc) is 3.54. The maximum atomic E-state index is 10.6. The second kappa shape index (κ2) is 9.57. The second-order valence-electron chi connectivity index (χ2n) is 6.76. The maximum absolute atomic E-state index is 10.6. The predicted molar refractivity (Wildman–Crippen MR) is 111 cm³/mol. The van der Waals surface area contributed by atoms with Gasteiger partial charge < -0.3 is 16.2 Å². The first kappa shape index (κ1) is 20.2. The molecule has 0 bridgehead atoms. The van der Waals surface area contributed by atoms with Crippen LogP contribution in [0.2, 0.25) is 0 Å². The largest absolute Gasteiger partial charge is 0.396 e. The number of rotatable bonds is 6. The third-order valence-electron chi connectivity index (χ3n) is 4.60. The van der Waals surface area contributed by atoms with E-state index in [0.717, 1.165) is 28.9 Å². The van der Waals surface area contributed by atoms with Gasteiger partial charge in [-0.05, 0) is 54.3 Å². The summed E-state index contributed by atoms with van der Waals surface area (Å²) in [5.74, 6) is 1.57. The molecule has 8 heteroatoms. The van der Waals surface area contributed by atoms with Crippen LogP contribution < -0.4 is 11.1 Å². The lowest BCUT2D eigenvalue weighted by Gasteiger charge is -2.10. The first-order valence-corrected chi connectivity index (χ1v) is 9.33. The molecule has 0 saturated heterocycles. The number of aliphatic hydroxyl groups excluding tert-OH is 1. The van der Waals surface area contributed by atoms with Gasteiger partial charge in [-0.1, -0.05) is 0 Å². The summed E-state index contributed by atoms with van der Waals surface area (Å²) in [6.07, 6.45) is 9.41. The Morgan fingerprint density at radius 1 is 1.34 bits per heavy atom. The van der Waals surface area contributed by atoms with Gasteiger partial charge in [0.15, 0.2) is 0 Å². The SMILES string of the molecule is N#CCC1CC1.Nc1nc(-c2cnccc2CCO)cc2cc(NC=O)ncc12. The Kier molecular flexibility index (Phi) is 6.66. The first-order valence-electron chi connectivity index (χ1n) is 9.33. The molecule has 0 atom stereocenters. The van der Waals surface area contributed by atoms with E-state index in [2.05, 4.69) is 26.3 Å². The van der Waals surface area contributed by atoms with E-state index in [1.165, 1.54) is 12.8 Å². The number of nitriles is 1. The third kappa shape index (κ3) is 5.24.